The van der Waals surface area contributed by atoms with Crippen molar-refractivity contribution in [3.05, 3.63) is 0 Å². The van der Waals surface area contributed by atoms with Gasteiger partial charge in [-0.3, -0.25) is 4.55 Å². The molecule has 0 aromatic heterocycles. The third kappa shape index (κ3) is 14.1. The first-order chi connectivity index (χ1) is 8.85. The van der Waals surface area contributed by atoms with E-state index in [2.05, 4.69) is 18.0 Å². The van der Waals surface area contributed by atoms with Gasteiger partial charge in [-0.05, 0) is 18.3 Å². The molecule has 1 N–H and O–H groups in total. The van der Waals surface area contributed by atoms with Gasteiger partial charge in [0.25, 0.3) is 0 Å². The summed E-state index contributed by atoms with van der Waals surface area (Å²) in [5, 5.41) is 0. The monoisotopic (exact) mass is 294 g/mol. The molecule has 0 aliphatic heterocycles. The molecule has 2 unspecified atom stereocenters. The van der Waals surface area contributed by atoms with E-state index in [-0.39, 0.29) is 12.5 Å². The van der Waals surface area contributed by atoms with Crippen LogP contribution in [0.5, 0.6) is 0 Å². The van der Waals surface area contributed by atoms with Crippen LogP contribution in [0.15, 0.2) is 0 Å². The van der Waals surface area contributed by atoms with Crippen molar-refractivity contribution in [2.24, 2.45) is 11.8 Å². The molecule has 0 aliphatic carbocycles. The van der Waals surface area contributed by atoms with Crippen LogP contribution in [-0.2, 0) is 14.6 Å². The highest BCUT2D eigenvalue weighted by Crippen LogP contribution is 2.17. The third-order valence-electron chi connectivity index (χ3n) is 3.43. The Morgan fingerprint density at radius 2 is 1.47 bits per heavy atom. The first-order valence-corrected chi connectivity index (χ1v) is 8.83. The summed E-state index contributed by atoms with van der Waals surface area (Å²) in [5.74, 6) is 1.01. The maximum atomic E-state index is 10.4. The van der Waals surface area contributed by atoms with Crippen LogP contribution in [0.2, 0.25) is 0 Å². The van der Waals surface area contributed by atoms with Crippen LogP contribution in [0.4, 0.5) is 0 Å². The molecule has 4 nitrogen and oxygen atoms in total. The number of hydrogen-bond donors (Lipinski definition) is 1. The maximum absolute atomic E-state index is 10.4. The molecule has 19 heavy (non-hydrogen) atoms. The lowest BCUT2D eigenvalue weighted by Gasteiger charge is -2.11. The zero-order valence-electron chi connectivity index (χ0n) is 12.6. The van der Waals surface area contributed by atoms with Gasteiger partial charge in [-0.2, -0.15) is 8.42 Å². The standard InChI is InChI=1S/C14H30O4S/c1-4-9-13(2)10-7-5-6-8-11-14(3)12-18-19(15,16)17/h13-14H,4-12H2,1-3H3,(H,15,16,17). The van der Waals surface area contributed by atoms with Gasteiger partial charge in [-0.1, -0.05) is 65.7 Å². The Morgan fingerprint density at radius 1 is 0.947 bits per heavy atom. The second-order valence-electron chi connectivity index (χ2n) is 5.70. The van der Waals surface area contributed by atoms with Crippen molar-refractivity contribution in [2.45, 2.75) is 72.1 Å². The second kappa shape index (κ2) is 10.6. The highest BCUT2D eigenvalue weighted by atomic mass is 32.3. The van der Waals surface area contributed by atoms with Gasteiger partial charge in [0.05, 0.1) is 6.61 Å². The van der Waals surface area contributed by atoms with Crippen molar-refractivity contribution >= 4 is 10.4 Å². The zero-order valence-corrected chi connectivity index (χ0v) is 13.4. The molecular formula is C14H30O4S. The van der Waals surface area contributed by atoms with Crippen molar-refractivity contribution in [2.75, 3.05) is 6.61 Å². The lowest BCUT2D eigenvalue weighted by molar-refractivity contribution is 0.222. The van der Waals surface area contributed by atoms with E-state index < -0.39 is 10.4 Å². The maximum Gasteiger partial charge on any atom is 0.397 e. The van der Waals surface area contributed by atoms with Crippen LogP contribution >= 0.6 is 0 Å². The average molecular weight is 294 g/mol. The molecule has 0 bridgehead atoms. The molecule has 2 atom stereocenters. The lowest BCUT2D eigenvalue weighted by atomic mass is 9.97. The molecule has 0 radical (unpaired) electrons. The van der Waals surface area contributed by atoms with Gasteiger partial charge in [-0.15, -0.1) is 0 Å². The van der Waals surface area contributed by atoms with E-state index >= 15 is 0 Å². The van der Waals surface area contributed by atoms with E-state index in [1.165, 1.54) is 38.5 Å². The van der Waals surface area contributed by atoms with Crippen LogP contribution in [0.3, 0.4) is 0 Å². The van der Waals surface area contributed by atoms with Crippen LogP contribution in [0, 0.1) is 11.8 Å². The molecule has 0 fully saturated rings. The van der Waals surface area contributed by atoms with E-state index in [4.69, 9.17) is 4.55 Å². The minimum absolute atomic E-state index is 0.0758. The number of rotatable bonds is 12. The van der Waals surface area contributed by atoms with Crippen molar-refractivity contribution in [1.82, 2.24) is 0 Å². The summed E-state index contributed by atoms with van der Waals surface area (Å²) < 4.78 is 33.6. The Hall–Kier alpha value is -0.130. The largest absolute Gasteiger partial charge is 0.397 e. The summed E-state index contributed by atoms with van der Waals surface area (Å²) in [6.45, 7) is 6.56. The Morgan fingerprint density at radius 3 is 1.95 bits per heavy atom. The van der Waals surface area contributed by atoms with Crippen LogP contribution < -0.4 is 0 Å². The van der Waals surface area contributed by atoms with Gasteiger partial charge < -0.3 is 0 Å². The van der Waals surface area contributed by atoms with Gasteiger partial charge in [0.1, 0.15) is 0 Å². The molecule has 0 saturated carbocycles. The highest BCUT2D eigenvalue weighted by molar-refractivity contribution is 7.80. The average Bonchev–Trinajstić information content (AvgIpc) is 2.30. The predicted octanol–water partition coefficient (Wildman–Crippen LogP) is 4.22. The molecule has 0 heterocycles. The fourth-order valence-corrected chi connectivity index (χ4v) is 2.67. The van der Waals surface area contributed by atoms with Crippen molar-refractivity contribution in [1.29, 1.82) is 0 Å². The molecule has 116 valence electrons. The molecular weight excluding hydrogens is 264 g/mol. The highest BCUT2D eigenvalue weighted by Gasteiger charge is 2.09. The van der Waals surface area contributed by atoms with Gasteiger partial charge >= 0.3 is 10.4 Å². The van der Waals surface area contributed by atoms with Crippen molar-refractivity contribution in [3.8, 4) is 0 Å². The molecule has 0 spiro atoms. The summed E-state index contributed by atoms with van der Waals surface area (Å²) in [5.41, 5.74) is 0. The third-order valence-corrected chi connectivity index (χ3v) is 3.86. The fraction of sp³-hybridized carbons (Fsp3) is 1.00. The quantitative estimate of drug-likeness (QED) is 0.432. The van der Waals surface area contributed by atoms with Gasteiger partial charge in [-0.25, -0.2) is 4.18 Å². The molecule has 0 aromatic rings. The molecule has 5 heteroatoms. The first-order valence-electron chi connectivity index (χ1n) is 7.47. The normalized spacial score (nSPS) is 15.4. The van der Waals surface area contributed by atoms with E-state index in [0.29, 0.717) is 0 Å². The first kappa shape index (κ1) is 18.9. The Labute approximate surface area is 118 Å². The summed E-state index contributed by atoms with van der Waals surface area (Å²) in [7, 11) is -4.27. The second-order valence-corrected chi connectivity index (χ2v) is 6.79. The van der Waals surface area contributed by atoms with Gasteiger partial charge in [0, 0.05) is 0 Å². The predicted molar refractivity (Wildman–Crippen MR) is 78.4 cm³/mol. The topological polar surface area (TPSA) is 63.6 Å². The SMILES string of the molecule is CCCC(C)CCCCCCC(C)COS(=O)(=O)O. The lowest BCUT2D eigenvalue weighted by Crippen LogP contribution is -2.11. The molecule has 0 amide bonds. The summed E-state index contributed by atoms with van der Waals surface area (Å²) in [4.78, 5) is 0. The number of unbranched alkanes of at least 4 members (excludes halogenated alkanes) is 3. The smallest absolute Gasteiger partial charge is 0.264 e. The Bertz CT molecular complexity index is 301. The Balaban J connectivity index is 3.39. The van der Waals surface area contributed by atoms with E-state index in [9.17, 15) is 8.42 Å². The summed E-state index contributed by atoms with van der Waals surface area (Å²) in [6.07, 6.45) is 9.68. The van der Waals surface area contributed by atoms with Crippen LogP contribution in [-0.4, -0.2) is 19.6 Å². The summed E-state index contributed by atoms with van der Waals surface area (Å²) >= 11 is 0. The molecule has 0 aromatic carbocycles. The van der Waals surface area contributed by atoms with Gasteiger partial charge in [0.2, 0.25) is 0 Å². The summed E-state index contributed by atoms with van der Waals surface area (Å²) in [6, 6.07) is 0. The Kier molecular flexibility index (Phi) is 10.6. The molecule has 0 saturated heterocycles. The van der Waals surface area contributed by atoms with Crippen molar-refractivity contribution < 1.29 is 17.2 Å². The van der Waals surface area contributed by atoms with E-state index in [0.717, 1.165) is 18.8 Å². The van der Waals surface area contributed by atoms with E-state index in [1.807, 2.05) is 6.92 Å². The van der Waals surface area contributed by atoms with Crippen LogP contribution in [0.25, 0.3) is 0 Å². The molecule has 0 aliphatic rings. The van der Waals surface area contributed by atoms with Crippen molar-refractivity contribution in [3.63, 3.8) is 0 Å². The zero-order chi connectivity index (χ0) is 14.7. The van der Waals surface area contributed by atoms with Crippen LogP contribution in [0.1, 0.15) is 72.1 Å². The van der Waals surface area contributed by atoms with Gasteiger partial charge in [0.15, 0.2) is 0 Å². The number of hydrogen-bond acceptors (Lipinski definition) is 3. The minimum atomic E-state index is -4.27. The minimum Gasteiger partial charge on any atom is -0.264 e. The molecule has 0 rings (SSSR count). The fourth-order valence-electron chi connectivity index (χ4n) is 2.26. The van der Waals surface area contributed by atoms with E-state index in [1.54, 1.807) is 0 Å².